The van der Waals surface area contributed by atoms with Gasteiger partial charge in [0.15, 0.2) is 0 Å². The Balaban J connectivity index is 2.10. The van der Waals surface area contributed by atoms with Crippen LogP contribution in [0.1, 0.15) is 0 Å². The maximum Gasteiger partial charge on any atom is 0.209 e. The molecule has 128 valence electrons. The van der Waals surface area contributed by atoms with E-state index in [1.807, 2.05) is 0 Å². The Kier molecular flexibility index (Phi) is 4.26. The Morgan fingerprint density at radius 2 is 1.52 bits per heavy atom. The Bertz CT molecular complexity index is 1060. The van der Waals surface area contributed by atoms with Crippen molar-refractivity contribution >= 4 is 9.84 Å². The number of rotatable bonds is 3. The molecule has 0 saturated carbocycles. The van der Waals surface area contributed by atoms with Crippen LogP contribution in [0.25, 0.3) is 11.1 Å². The average molecular weight is 364 g/mol. The Morgan fingerprint density at radius 3 is 2.20 bits per heavy atom. The largest absolute Gasteiger partial charge is 0.507 e. The Morgan fingerprint density at radius 1 is 0.800 bits per heavy atom. The molecule has 0 heterocycles. The molecule has 0 aliphatic rings. The zero-order valence-electron chi connectivity index (χ0n) is 12.6. The third-order valence-electron chi connectivity index (χ3n) is 3.60. The van der Waals surface area contributed by atoms with Crippen molar-refractivity contribution in [1.82, 2.24) is 0 Å². The first-order valence-electron chi connectivity index (χ1n) is 7.08. The quantitative estimate of drug-likeness (QED) is 0.754. The Hall–Kier alpha value is -2.80. The number of phenolic OH excluding ortho intramolecular Hbond substituents is 1. The summed E-state index contributed by atoms with van der Waals surface area (Å²) in [6.07, 6.45) is 0. The number of sulfone groups is 1. The zero-order chi connectivity index (χ0) is 18.2. The second kappa shape index (κ2) is 6.25. The van der Waals surface area contributed by atoms with Crippen molar-refractivity contribution in [2.24, 2.45) is 0 Å². The van der Waals surface area contributed by atoms with E-state index in [0.717, 1.165) is 48.5 Å². The summed E-state index contributed by atoms with van der Waals surface area (Å²) >= 11 is 0. The lowest BCUT2D eigenvalue weighted by Gasteiger charge is -2.09. The molecule has 7 heteroatoms. The molecule has 25 heavy (non-hydrogen) atoms. The number of hydrogen-bond donors (Lipinski definition) is 1. The second-order valence-electron chi connectivity index (χ2n) is 5.27. The molecule has 0 atom stereocenters. The summed E-state index contributed by atoms with van der Waals surface area (Å²) in [5.74, 6) is -2.76. The van der Waals surface area contributed by atoms with Gasteiger partial charge in [-0.25, -0.2) is 21.6 Å². The summed E-state index contributed by atoms with van der Waals surface area (Å²) in [7, 11) is -4.26. The van der Waals surface area contributed by atoms with Gasteiger partial charge >= 0.3 is 0 Å². The van der Waals surface area contributed by atoms with Crippen molar-refractivity contribution in [3.63, 3.8) is 0 Å². The van der Waals surface area contributed by atoms with Gasteiger partial charge in [0, 0.05) is 5.56 Å². The van der Waals surface area contributed by atoms with Gasteiger partial charge < -0.3 is 5.11 Å². The first kappa shape index (κ1) is 17.0. The van der Waals surface area contributed by atoms with Crippen molar-refractivity contribution in [3.8, 4) is 16.9 Å². The Labute approximate surface area is 141 Å². The third-order valence-corrected chi connectivity index (χ3v) is 5.38. The van der Waals surface area contributed by atoms with Crippen LogP contribution in [0.2, 0.25) is 0 Å². The van der Waals surface area contributed by atoms with Gasteiger partial charge in [-0.2, -0.15) is 0 Å². The highest BCUT2D eigenvalue weighted by Gasteiger charge is 2.23. The number of phenols is 1. The summed E-state index contributed by atoms with van der Waals surface area (Å²) in [5, 5.41) is 9.77. The lowest BCUT2D eigenvalue weighted by molar-refractivity contribution is 0.475. The maximum absolute atomic E-state index is 14.4. The van der Waals surface area contributed by atoms with E-state index in [9.17, 15) is 26.7 Å². The van der Waals surface area contributed by atoms with E-state index in [-0.39, 0.29) is 21.8 Å². The number of benzene rings is 3. The minimum atomic E-state index is -4.26. The summed E-state index contributed by atoms with van der Waals surface area (Å²) < 4.78 is 65.9. The van der Waals surface area contributed by atoms with E-state index in [0.29, 0.717) is 0 Å². The summed E-state index contributed by atoms with van der Waals surface area (Å²) in [5.41, 5.74) is 0.126. The van der Waals surface area contributed by atoms with E-state index < -0.39 is 32.2 Å². The molecule has 0 radical (unpaired) electrons. The SMILES string of the molecule is O=S(=O)(c1cccc(F)c1)c1ccc(-c2cc(F)ccc2O)cc1F. The lowest BCUT2D eigenvalue weighted by atomic mass is 10.0. The monoisotopic (exact) mass is 364 g/mol. The molecule has 0 saturated heterocycles. The van der Waals surface area contributed by atoms with Crippen molar-refractivity contribution in [2.75, 3.05) is 0 Å². The minimum Gasteiger partial charge on any atom is -0.507 e. The molecule has 3 rings (SSSR count). The molecule has 0 amide bonds. The van der Waals surface area contributed by atoms with Gasteiger partial charge in [-0.3, -0.25) is 0 Å². The molecule has 3 aromatic rings. The molecule has 0 unspecified atom stereocenters. The molecular formula is C18H11F3O3S. The van der Waals surface area contributed by atoms with Gasteiger partial charge in [0.25, 0.3) is 0 Å². The molecule has 0 aliphatic heterocycles. The average Bonchev–Trinajstić information content (AvgIpc) is 2.56. The molecular weight excluding hydrogens is 353 g/mol. The van der Waals surface area contributed by atoms with Crippen molar-refractivity contribution in [3.05, 3.63) is 78.1 Å². The first-order chi connectivity index (χ1) is 11.8. The molecule has 1 N–H and O–H groups in total. The van der Waals surface area contributed by atoms with Crippen LogP contribution in [-0.2, 0) is 9.84 Å². The van der Waals surface area contributed by atoms with Gasteiger partial charge in [0.1, 0.15) is 28.1 Å². The summed E-state index contributed by atoms with van der Waals surface area (Å²) in [6.45, 7) is 0. The van der Waals surface area contributed by atoms with Gasteiger partial charge in [-0.05, 0) is 54.1 Å². The number of hydrogen-bond acceptors (Lipinski definition) is 3. The van der Waals surface area contributed by atoms with E-state index in [1.54, 1.807) is 0 Å². The number of aromatic hydroxyl groups is 1. The van der Waals surface area contributed by atoms with Crippen LogP contribution in [-0.4, -0.2) is 13.5 Å². The summed E-state index contributed by atoms with van der Waals surface area (Å²) in [4.78, 5) is -1.02. The van der Waals surface area contributed by atoms with E-state index in [2.05, 4.69) is 0 Å². The van der Waals surface area contributed by atoms with Crippen LogP contribution < -0.4 is 0 Å². The van der Waals surface area contributed by atoms with Crippen molar-refractivity contribution in [2.45, 2.75) is 9.79 Å². The van der Waals surface area contributed by atoms with Gasteiger partial charge in [0.05, 0.1) is 4.90 Å². The molecule has 3 nitrogen and oxygen atoms in total. The fraction of sp³-hybridized carbons (Fsp3) is 0. The standard InChI is InChI=1S/C18H11F3O3S/c19-12-2-1-3-14(9-12)25(23,24)18-7-4-11(8-16(18)21)15-10-13(20)5-6-17(15)22/h1-10,22H. The predicted octanol–water partition coefficient (Wildman–Crippen LogP) is 4.31. The molecule has 3 aromatic carbocycles. The van der Waals surface area contributed by atoms with Crippen LogP contribution >= 0.6 is 0 Å². The molecule has 0 aliphatic carbocycles. The van der Waals surface area contributed by atoms with E-state index >= 15 is 0 Å². The fourth-order valence-corrected chi connectivity index (χ4v) is 3.73. The fourth-order valence-electron chi connectivity index (χ4n) is 2.39. The smallest absolute Gasteiger partial charge is 0.209 e. The van der Waals surface area contributed by atoms with Gasteiger partial charge in [-0.15, -0.1) is 0 Å². The highest BCUT2D eigenvalue weighted by molar-refractivity contribution is 7.91. The van der Waals surface area contributed by atoms with Crippen LogP contribution in [0, 0.1) is 17.5 Å². The van der Waals surface area contributed by atoms with E-state index in [1.165, 1.54) is 12.1 Å². The van der Waals surface area contributed by atoms with Crippen LogP contribution in [0.4, 0.5) is 13.2 Å². The lowest BCUT2D eigenvalue weighted by Crippen LogP contribution is -2.05. The molecule has 0 bridgehead atoms. The normalized spacial score (nSPS) is 11.5. The van der Waals surface area contributed by atoms with Gasteiger partial charge in [0.2, 0.25) is 9.84 Å². The van der Waals surface area contributed by atoms with Crippen LogP contribution in [0.3, 0.4) is 0 Å². The van der Waals surface area contributed by atoms with Gasteiger partial charge in [-0.1, -0.05) is 12.1 Å². The molecule has 0 aromatic heterocycles. The maximum atomic E-state index is 14.4. The molecule has 0 spiro atoms. The second-order valence-corrected chi connectivity index (χ2v) is 7.19. The van der Waals surface area contributed by atoms with E-state index in [4.69, 9.17) is 0 Å². The van der Waals surface area contributed by atoms with Crippen LogP contribution in [0.15, 0.2) is 70.5 Å². The predicted molar refractivity (Wildman–Crippen MR) is 85.3 cm³/mol. The third kappa shape index (κ3) is 3.23. The minimum absolute atomic E-state index is 0.0219. The van der Waals surface area contributed by atoms with Crippen molar-refractivity contribution in [1.29, 1.82) is 0 Å². The highest BCUT2D eigenvalue weighted by atomic mass is 32.2. The number of halogens is 3. The molecule has 0 fully saturated rings. The summed E-state index contributed by atoms with van der Waals surface area (Å²) in [6, 6.07) is 10.5. The first-order valence-corrected chi connectivity index (χ1v) is 8.56. The zero-order valence-corrected chi connectivity index (χ0v) is 13.4. The van der Waals surface area contributed by atoms with Crippen LogP contribution in [0.5, 0.6) is 5.75 Å². The highest BCUT2D eigenvalue weighted by Crippen LogP contribution is 2.33. The topological polar surface area (TPSA) is 54.4 Å². The van der Waals surface area contributed by atoms with Crippen molar-refractivity contribution < 1.29 is 26.7 Å².